The fraction of sp³-hybridized carbons (Fsp3) is 0.200. The van der Waals surface area contributed by atoms with Crippen LogP contribution in [0.5, 0.6) is 5.75 Å². The summed E-state index contributed by atoms with van der Waals surface area (Å²) in [5, 5.41) is 10.0. The Labute approximate surface area is 118 Å². The van der Waals surface area contributed by atoms with Crippen molar-refractivity contribution < 1.29 is 27.4 Å². The molecule has 2 aromatic rings. The van der Waals surface area contributed by atoms with Crippen LogP contribution in [0, 0.1) is 11.6 Å². The van der Waals surface area contributed by atoms with E-state index in [2.05, 4.69) is 4.74 Å². The third kappa shape index (κ3) is 4.46. The predicted molar refractivity (Wildman–Crippen MR) is 68.1 cm³/mol. The summed E-state index contributed by atoms with van der Waals surface area (Å²) in [4.78, 5) is 0. The van der Waals surface area contributed by atoms with Gasteiger partial charge in [0.1, 0.15) is 17.4 Å². The minimum absolute atomic E-state index is 0.0488. The number of rotatable bonds is 5. The summed E-state index contributed by atoms with van der Waals surface area (Å²) in [7, 11) is 0. The Morgan fingerprint density at radius 1 is 1.00 bits per heavy atom. The van der Waals surface area contributed by atoms with E-state index in [1.165, 1.54) is 24.3 Å². The van der Waals surface area contributed by atoms with Crippen LogP contribution >= 0.6 is 0 Å². The van der Waals surface area contributed by atoms with E-state index in [0.29, 0.717) is 5.56 Å². The molecule has 1 atom stereocenters. The second-order valence-electron chi connectivity index (χ2n) is 4.45. The standard InChI is InChI=1S/C15H12F4O2/c16-11-4-9(5-12(17)8-11)6-14(20)10-2-1-3-13(7-10)21-15(18)19/h1-5,7-8,14-15,20H,6H2. The first kappa shape index (κ1) is 15.3. The molecule has 0 saturated carbocycles. The Morgan fingerprint density at radius 3 is 2.29 bits per heavy atom. The molecule has 2 rings (SSSR count). The summed E-state index contributed by atoms with van der Waals surface area (Å²) in [5.41, 5.74) is 0.581. The van der Waals surface area contributed by atoms with Gasteiger partial charge in [0, 0.05) is 12.5 Å². The van der Waals surface area contributed by atoms with E-state index in [1.54, 1.807) is 0 Å². The molecule has 2 nitrogen and oxygen atoms in total. The zero-order valence-electron chi connectivity index (χ0n) is 10.8. The first-order valence-corrected chi connectivity index (χ1v) is 6.12. The predicted octanol–water partition coefficient (Wildman–Crippen LogP) is 3.84. The molecule has 6 heteroatoms. The average Bonchev–Trinajstić information content (AvgIpc) is 2.36. The number of alkyl halides is 2. The molecule has 0 aliphatic rings. The van der Waals surface area contributed by atoms with Gasteiger partial charge < -0.3 is 9.84 Å². The molecule has 0 amide bonds. The Bertz CT molecular complexity index is 596. The molecule has 0 aromatic heterocycles. The number of halogens is 4. The van der Waals surface area contributed by atoms with Gasteiger partial charge >= 0.3 is 6.61 Å². The smallest absolute Gasteiger partial charge is 0.387 e. The zero-order chi connectivity index (χ0) is 15.4. The second kappa shape index (κ2) is 6.58. The SMILES string of the molecule is OC(Cc1cc(F)cc(F)c1)c1cccc(OC(F)F)c1. The highest BCUT2D eigenvalue weighted by Gasteiger charge is 2.12. The fourth-order valence-corrected chi connectivity index (χ4v) is 1.97. The molecule has 21 heavy (non-hydrogen) atoms. The molecule has 0 aliphatic carbocycles. The van der Waals surface area contributed by atoms with E-state index >= 15 is 0 Å². The van der Waals surface area contributed by atoms with Crippen LogP contribution in [-0.4, -0.2) is 11.7 Å². The van der Waals surface area contributed by atoms with Gasteiger partial charge in [0.05, 0.1) is 6.10 Å². The number of hydrogen-bond acceptors (Lipinski definition) is 2. The lowest BCUT2D eigenvalue weighted by Crippen LogP contribution is -2.05. The van der Waals surface area contributed by atoms with Crippen molar-refractivity contribution in [3.63, 3.8) is 0 Å². The van der Waals surface area contributed by atoms with Gasteiger partial charge in [-0.05, 0) is 35.4 Å². The van der Waals surface area contributed by atoms with E-state index in [9.17, 15) is 22.7 Å². The number of hydrogen-bond donors (Lipinski definition) is 1. The molecule has 112 valence electrons. The van der Waals surface area contributed by atoms with E-state index in [-0.39, 0.29) is 17.7 Å². The quantitative estimate of drug-likeness (QED) is 0.850. The first-order valence-electron chi connectivity index (χ1n) is 6.12. The van der Waals surface area contributed by atoms with E-state index in [0.717, 1.165) is 18.2 Å². The van der Waals surface area contributed by atoms with Gasteiger partial charge in [-0.15, -0.1) is 0 Å². The van der Waals surface area contributed by atoms with Crippen molar-refractivity contribution in [2.24, 2.45) is 0 Å². The molecule has 0 bridgehead atoms. The van der Waals surface area contributed by atoms with Crippen LogP contribution in [0.1, 0.15) is 17.2 Å². The van der Waals surface area contributed by atoms with E-state index in [1.807, 2.05) is 0 Å². The summed E-state index contributed by atoms with van der Waals surface area (Å²) < 4.78 is 54.6. The molecule has 0 fully saturated rings. The third-order valence-corrected chi connectivity index (χ3v) is 2.82. The van der Waals surface area contributed by atoms with E-state index in [4.69, 9.17) is 0 Å². The molecule has 2 aromatic carbocycles. The minimum atomic E-state index is -2.96. The summed E-state index contributed by atoms with van der Waals surface area (Å²) >= 11 is 0. The molecule has 0 spiro atoms. The molecule has 1 unspecified atom stereocenters. The summed E-state index contributed by atoms with van der Waals surface area (Å²) in [6.45, 7) is -2.96. The number of ether oxygens (including phenoxy) is 1. The lowest BCUT2D eigenvalue weighted by molar-refractivity contribution is -0.0499. The monoisotopic (exact) mass is 300 g/mol. The van der Waals surface area contributed by atoms with Crippen LogP contribution in [0.2, 0.25) is 0 Å². The summed E-state index contributed by atoms with van der Waals surface area (Å²) in [5.74, 6) is -1.58. The molecule has 0 aliphatic heterocycles. The van der Waals surface area contributed by atoms with Crippen molar-refractivity contribution in [3.8, 4) is 5.75 Å². The minimum Gasteiger partial charge on any atom is -0.435 e. The van der Waals surface area contributed by atoms with Crippen LogP contribution in [-0.2, 0) is 6.42 Å². The van der Waals surface area contributed by atoms with Crippen LogP contribution < -0.4 is 4.74 Å². The van der Waals surface area contributed by atoms with Crippen molar-refractivity contribution in [2.45, 2.75) is 19.1 Å². The molecule has 0 heterocycles. The van der Waals surface area contributed by atoms with Gasteiger partial charge in [-0.25, -0.2) is 8.78 Å². The van der Waals surface area contributed by atoms with Gasteiger partial charge in [0.15, 0.2) is 0 Å². The molecule has 1 N–H and O–H groups in total. The Balaban J connectivity index is 2.14. The lowest BCUT2D eigenvalue weighted by Gasteiger charge is -2.13. The summed E-state index contributed by atoms with van der Waals surface area (Å²) in [6, 6.07) is 8.47. The highest BCUT2D eigenvalue weighted by Crippen LogP contribution is 2.24. The van der Waals surface area contributed by atoms with Gasteiger partial charge in [0.2, 0.25) is 0 Å². The lowest BCUT2D eigenvalue weighted by atomic mass is 10.0. The Morgan fingerprint density at radius 2 is 1.67 bits per heavy atom. The van der Waals surface area contributed by atoms with Crippen molar-refractivity contribution in [1.82, 2.24) is 0 Å². The van der Waals surface area contributed by atoms with Gasteiger partial charge in [-0.1, -0.05) is 12.1 Å². The van der Waals surface area contributed by atoms with Crippen LogP contribution in [0.25, 0.3) is 0 Å². The average molecular weight is 300 g/mol. The molecule has 0 radical (unpaired) electrons. The third-order valence-electron chi connectivity index (χ3n) is 2.82. The maximum absolute atomic E-state index is 13.1. The second-order valence-corrected chi connectivity index (χ2v) is 4.45. The van der Waals surface area contributed by atoms with Crippen LogP contribution in [0.15, 0.2) is 42.5 Å². The molecular formula is C15H12F4O2. The van der Waals surface area contributed by atoms with Crippen molar-refractivity contribution in [3.05, 3.63) is 65.2 Å². The summed E-state index contributed by atoms with van der Waals surface area (Å²) in [6.07, 6.45) is -1.14. The maximum Gasteiger partial charge on any atom is 0.387 e. The van der Waals surface area contributed by atoms with E-state index < -0.39 is 24.3 Å². The topological polar surface area (TPSA) is 29.5 Å². The fourth-order valence-electron chi connectivity index (χ4n) is 1.97. The van der Waals surface area contributed by atoms with Crippen molar-refractivity contribution in [1.29, 1.82) is 0 Å². The number of aliphatic hydroxyl groups is 1. The van der Waals surface area contributed by atoms with Gasteiger partial charge in [-0.3, -0.25) is 0 Å². The van der Waals surface area contributed by atoms with Crippen molar-refractivity contribution >= 4 is 0 Å². The zero-order valence-corrected chi connectivity index (χ0v) is 10.8. The molecule has 0 saturated heterocycles. The maximum atomic E-state index is 13.1. The first-order chi connectivity index (χ1) is 9.94. The van der Waals surface area contributed by atoms with Crippen LogP contribution in [0.3, 0.4) is 0 Å². The number of benzene rings is 2. The van der Waals surface area contributed by atoms with Gasteiger partial charge in [-0.2, -0.15) is 8.78 Å². The molecular weight excluding hydrogens is 288 g/mol. The Kier molecular flexibility index (Phi) is 4.80. The number of aliphatic hydroxyl groups excluding tert-OH is 1. The normalized spacial score (nSPS) is 12.5. The highest BCUT2D eigenvalue weighted by molar-refractivity contribution is 5.31. The van der Waals surface area contributed by atoms with Gasteiger partial charge in [0.25, 0.3) is 0 Å². The van der Waals surface area contributed by atoms with Crippen LogP contribution in [0.4, 0.5) is 17.6 Å². The highest BCUT2D eigenvalue weighted by atomic mass is 19.3. The largest absolute Gasteiger partial charge is 0.435 e. The van der Waals surface area contributed by atoms with Crippen molar-refractivity contribution in [2.75, 3.05) is 0 Å². The Hall–Kier alpha value is -2.08.